The van der Waals surface area contributed by atoms with Gasteiger partial charge in [-0.3, -0.25) is 4.79 Å². The van der Waals surface area contributed by atoms with Gasteiger partial charge >= 0.3 is 0 Å². The number of hydrogen-bond donors (Lipinski definition) is 2. The molecule has 0 fully saturated rings. The van der Waals surface area contributed by atoms with Crippen molar-refractivity contribution >= 4 is 6.47 Å². The maximum absolute atomic E-state index is 13.9. The molecule has 0 heterocycles. The highest BCUT2D eigenvalue weighted by atomic mass is 19.2. The number of nitrogens with two attached hydrogens (primary N) is 1. The molecular formula is C18H20F3NO2. The molecule has 0 radical (unpaired) electrons. The molecule has 6 heteroatoms. The van der Waals surface area contributed by atoms with Gasteiger partial charge in [0, 0.05) is 11.6 Å². The van der Waals surface area contributed by atoms with Gasteiger partial charge in [0.15, 0.2) is 11.6 Å². The molecular weight excluding hydrogens is 319 g/mol. The molecule has 1 atom stereocenters. The fourth-order valence-electron chi connectivity index (χ4n) is 2.61. The fraction of sp³-hybridized carbons (Fsp3) is 0.278. The molecule has 0 saturated carbocycles. The van der Waals surface area contributed by atoms with Crippen molar-refractivity contribution in [2.45, 2.75) is 33.2 Å². The largest absolute Gasteiger partial charge is 0.483 e. The zero-order chi connectivity index (χ0) is 18.4. The maximum Gasteiger partial charge on any atom is 0.290 e. The maximum atomic E-state index is 13.9. The quantitative estimate of drug-likeness (QED) is 0.810. The minimum absolute atomic E-state index is 0.149. The van der Waals surface area contributed by atoms with Gasteiger partial charge in [0.1, 0.15) is 5.82 Å². The second kappa shape index (κ2) is 8.49. The van der Waals surface area contributed by atoms with E-state index in [1.54, 1.807) is 19.9 Å². The van der Waals surface area contributed by atoms with Gasteiger partial charge in [0.2, 0.25) is 0 Å². The van der Waals surface area contributed by atoms with Gasteiger partial charge in [-0.05, 0) is 66.8 Å². The number of hydrogen-bond acceptors (Lipinski definition) is 2. The summed E-state index contributed by atoms with van der Waals surface area (Å²) in [7, 11) is 0. The highest BCUT2D eigenvalue weighted by Gasteiger charge is 2.18. The van der Waals surface area contributed by atoms with Crippen LogP contribution >= 0.6 is 0 Å². The molecule has 1 unspecified atom stereocenters. The van der Waals surface area contributed by atoms with E-state index in [0.717, 1.165) is 6.07 Å². The third kappa shape index (κ3) is 4.35. The molecule has 2 aromatic carbocycles. The highest BCUT2D eigenvalue weighted by molar-refractivity contribution is 5.71. The van der Waals surface area contributed by atoms with Crippen LogP contribution in [0.2, 0.25) is 0 Å². The molecule has 0 aromatic heterocycles. The van der Waals surface area contributed by atoms with Gasteiger partial charge in [-0.25, -0.2) is 13.2 Å². The van der Waals surface area contributed by atoms with Crippen molar-refractivity contribution in [3.63, 3.8) is 0 Å². The highest BCUT2D eigenvalue weighted by Crippen LogP contribution is 2.32. The lowest BCUT2D eigenvalue weighted by Crippen LogP contribution is -2.12. The normalized spacial score (nSPS) is 11.5. The third-order valence-corrected chi connectivity index (χ3v) is 3.68. The molecule has 0 bridgehead atoms. The lowest BCUT2D eigenvalue weighted by molar-refractivity contribution is -0.122. The molecule has 0 spiro atoms. The number of carboxylic acid groups (broad SMARTS) is 1. The Morgan fingerprint density at radius 2 is 1.62 bits per heavy atom. The smallest absolute Gasteiger partial charge is 0.290 e. The van der Waals surface area contributed by atoms with Crippen LogP contribution in [0.5, 0.6) is 0 Å². The third-order valence-electron chi connectivity index (χ3n) is 3.68. The molecule has 2 aromatic rings. The van der Waals surface area contributed by atoms with Crippen LogP contribution in [0.15, 0.2) is 24.3 Å². The standard InChI is InChI=1S/C17H18F3N.CH2O2/c1-4-15(21)13-7-11(8-14(19)17(13)20)16-9(2)5-12(18)6-10(16)3;2-1-3/h5-8,15H,4,21H2,1-3H3;1H,(H,2,3). The van der Waals surface area contributed by atoms with Crippen molar-refractivity contribution in [2.24, 2.45) is 5.73 Å². The van der Waals surface area contributed by atoms with Crippen molar-refractivity contribution in [1.29, 1.82) is 0 Å². The van der Waals surface area contributed by atoms with E-state index in [1.165, 1.54) is 12.1 Å². The summed E-state index contributed by atoms with van der Waals surface area (Å²) in [4.78, 5) is 8.36. The lowest BCUT2D eigenvalue weighted by Gasteiger charge is -2.16. The number of benzene rings is 2. The molecule has 0 saturated heterocycles. The van der Waals surface area contributed by atoms with E-state index in [4.69, 9.17) is 15.6 Å². The van der Waals surface area contributed by atoms with Crippen LogP contribution in [0, 0.1) is 31.3 Å². The van der Waals surface area contributed by atoms with Gasteiger partial charge in [-0.2, -0.15) is 0 Å². The Morgan fingerprint density at radius 3 is 2.08 bits per heavy atom. The lowest BCUT2D eigenvalue weighted by atomic mass is 9.92. The fourth-order valence-corrected chi connectivity index (χ4v) is 2.61. The van der Waals surface area contributed by atoms with Crippen molar-refractivity contribution in [1.82, 2.24) is 0 Å². The van der Waals surface area contributed by atoms with Gasteiger partial charge in [-0.15, -0.1) is 0 Å². The van der Waals surface area contributed by atoms with E-state index in [0.29, 0.717) is 28.7 Å². The van der Waals surface area contributed by atoms with Crippen molar-refractivity contribution in [2.75, 3.05) is 0 Å². The molecule has 0 aliphatic heterocycles. The predicted octanol–water partition coefficient (Wildman–Crippen LogP) is 4.50. The van der Waals surface area contributed by atoms with Crippen LogP contribution < -0.4 is 5.73 Å². The van der Waals surface area contributed by atoms with Crippen LogP contribution in [-0.2, 0) is 4.79 Å². The molecule has 0 amide bonds. The first-order valence-corrected chi connectivity index (χ1v) is 7.36. The molecule has 3 N–H and O–H groups in total. The average Bonchev–Trinajstić information content (AvgIpc) is 2.49. The van der Waals surface area contributed by atoms with Crippen LogP contribution in [0.1, 0.15) is 36.1 Å². The summed E-state index contributed by atoms with van der Waals surface area (Å²) >= 11 is 0. The van der Waals surface area contributed by atoms with Crippen LogP contribution in [0.25, 0.3) is 11.1 Å². The van der Waals surface area contributed by atoms with E-state index < -0.39 is 17.7 Å². The van der Waals surface area contributed by atoms with E-state index in [1.807, 2.05) is 6.92 Å². The monoisotopic (exact) mass is 339 g/mol. The second-order valence-corrected chi connectivity index (χ2v) is 5.40. The zero-order valence-corrected chi connectivity index (χ0v) is 13.7. The number of rotatable bonds is 3. The van der Waals surface area contributed by atoms with Crippen LogP contribution in [-0.4, -0.2) is 11.6 Å². The Hall–Kier alpha value is -2.34. The Balaban J connectivity index is 0.000000891. The number of halogens is 3. The predicted molar refractivity (Wildman–Crippen MR) is 87.1 cm³/mol. The van der Waals surface area contributed by atoms with Gasteiger partial charge in [0.25, 0.3) is 6.47 Å². The van der Waals surface area contributed by atoms with Gasteiger partial charge < -0.3 is 10.8 Å². The van der Waals surface area contributed by atoms with E-state index >= 15 is 0 Å². The first kappa shape index (κ1) is 19.7. The first-order chi connectivity index (χ1) is 11.3. The van der Waals surface area contributed by atoms with Gasteiger partial charge in [-0.1, -0.05) is 6.92 Å². The second-order valence-electron chi connectivity index (χ2n) is 5.40. The summed E-state index contributed by atoms with van der Waals surface area (Å²) in [6.45, 7) is 5.04. The molecule has 0 aliphatic carbocycles. The number of carbonyl (C=O) groups is 1. The summed E-state index contributed by atoms with van der Waals surface area (Å²) in [5.41, 5.74) is 8.57. The SMILES string of the molecule is CCC(N)c1cc(-c2c(C)cc(F)cc2C)cc(F)c1F.O=CO. The first-order valence-electron chi connectivity index (χ1n) is 7.36. The van der Waals surface area contributed by atoms with Crippen molar-refractivity contribution < 1.29 is 23.1 Å². The van der Waals surface area contributed by atoms with Gasteiger partial charge in [0.05, 0.1) is 0 Å². The summed E-state index contributed by atoms with van der Waals surface area (Å²) in [5, 5.41) is 6.89. The average molecular weight is 339 g/mol. The Labute approximate surface area is 138 Å². The topological polar surface area (TPSA) is 63.3 Å². The molecule has 130 valence electrons. The summed E-state index contributed by atoms with van der Waals surface area (Å²) in [6.07, 6.45) is 0.501. The van der Waals surface area contributed by atoms with Crippen LogP contribution in [0.4, 0.5) is 13.2 Å². The number of aryl methyl sites for hydroxylation is 2. The summed E-state index contributed by atoms with van der Waals surface area (Å²) in [5.74, 6) is -2.19. The van der Waals surface area contributed by atoms with E-state index in [2.05, 4.69) is 0 Å². The van der Waals surface area contributed by atoms with Crippen molar-refractivity contribution in [3.8, 4) is 11.1 Å². The molecule has 0 aliphatic rings. The molecule has 24 heavy (non-hydrogen) atoms. The Kier molecular flexibility index (Phi) is 6.97. The summed E-state index contributed by atoms with van der Waals surface area (Å²) < 4.78 is 41.1. The summed E-state index contributed by atoms with van der Waals surface area (Å²) in [6, 6.07) is 4.88. The Morgan fingerprint density at radius 1 is 1.12 bits per heavy atom. The Bertz CT molecular complexity index is 709. The molecule has 2 rings (SSSR count). The van der Waals surface area contributed by atoms with E-state index in [-0.39, 0.29) is 17.9 Å². The van der Waals surface area contributed by atoms with Crippen LogP contribution in [0.3, 0.4) is 0 Å². The van der Waals surface area contributed by atoms with E-state index in [9.17, 15) is 13.2 Å². The molecule has 3 nitrogen and oxygen atoms in total. The van der Waals surface area contributed by atoms with Crippen molar-refractivity contribution in [3.05, 3.63) is 58.4 Å². The minimum Gasteiger partial charge on any atom is -0.483 e. The zero-order valence-electron chi connectivity index (χ0n) is 13.7. The minimum atomic E-state index is -0.936.